The molecule has 19 heavy (non-hydrogen) atoms. The lowest BCUT2D eigenvalue weighted by Gasteiger charge is -2.05. The molecule has 5 nitrogen and oxygen atoms in total. The Morgan fingerprint density at radius 3 is 2.95 bits per heavy atom. The van der Waals surface area contributed by atoms with Gasteiger partial charge >= 0.3 is 0 Å². The maximum absolute atomic E-state index is 13.6. The largest absolute Gasteiger partial charge is 0.481 e. The lowest BCUT2D eigenvalue weighted by molar-refractivity contribution is 0.233. The van der Waals surface area contributed by atoms with E-state index in [-0.39, 0.29) is 19.0 Å². The van der Waals surface area contributed by atoms with Crippen LogP contribution in [0.5, 0.6) is 5.75 Å². The van der Waals surface area contributed by atoms with E-state index in [0.717, 1.165) is 12.8 Å². The zero-order chi connectivity index (χ0) is 13.2. The highest BCUT2D eigenvalue weighted by atomic mass is 19.1. The van der Waals surface area contributed by atoms with E-state index in [9.17, 15) is 4.39 Å². The normalized spacial score (nSPS) is 14.6. The molecular weight excluding hydrogens is 251 g/mol. The number of ether oxygens (including phenoxy) is 1. The summed E-state index contributed by atoms with van der Waals surface area (Å²) in [5.74, 6) is 1.04. The molecule has 1 aliphatic rings. The van der Waals surface area contributed by atoms with E-state index in [1.54, 1.807) is 6.07 Å². The fraction of sp³-hybridized carbons (Fsp3) is 0.385. The first-order chi connectivity index (χ1) is 9.26. The fourth-order valence-electron chi connectivity index (χ4n) is 1.73. The number of halogens is 1. The SMILES string of the molecule is OCc1ccc(OCc2nc(C3CC3)no2)c(F)c1. The number of aliphatic hydroxyl groups excluding tert-OH is 1. The van der Waals surface area contributed by atoms with E-state index in [1.807, 2.05) is 0 Å². The van der Waals surface area contributed by atoms with Crippen molar-refractivity contribution in [3.63, 3.8) is 0 Å². The molecule has 1 aromatic carbocycles. The number of rotatable bonds is 5. The third kappa shape index (κ3) is 2.73. The summed E-state index contributed by atoms with van der Waals surface area (Å²) >= 11 is 0. The summed E-state index contributed by atoms with van der Waals surface area (Å²) in [6.07, 6.45) is 2.19. The van der Waals surface area contributed by atoms with Crippen LogP contribution in [0.1, 0.15) is 36.0 Å². The van der Waals surface area contributed by atoms with Gasteiger partial charge in [0.1, 0.15) is 0 Å². The minimum atomic E-state index is -0.520. The van der Waals surface area contributed by atoms with Crippen molar-refractivity contribution in [2.75, 3.05) is 0 Å². The summed E-state index contributed by atoms with van der Waals surface area (Å²) in [6, 6.07) is 4.31. The van der Waals surface area contributed by atoms with Crippen molar-refractivity contribution in [2.24, 2.45) is 0 Å². The van der Waals surface area contributed by atoms with Crippen molar-refractivity contribution in [3.05, 3.63) is 41.3 Å². The molecule has 0 aliphatic heterocycles. The van der Waals surface area contributed by atoms with Gasteiger partial charge in [0.15, 0.2) is 24.0 Å². The molecule has 3 rings (SSSR count). The minimum Gasteiger partial charge on any atom is -0.481 e. The number of hydrogen-bond donors (Lipinski definition) is 1. The van der Waals surface area contributed by atoms with E-state index in [2.05, 4.69) is 10.1 Å². The molecule has 0 atom stereocenters. The average Bonchev–Trinajstić information content (AvgIpc) is 3.17. The summed E-state index contributed by atoms with van der Waals surface area (Å²) in [6.45, 7) is -0.166. The molecule has 0 unspecified atom stereocenters. The van der Waals surface area contributed by atoms with Gasteiger partial charge in [0.05, 0.1) is 6.61 Å². The van der Waals surface area contributed by atoms with Gasteiger partial charge in [0.2, 0.25) is 0 Å². The molecular formula is C13H13FN2O3. The second kappa shape index (κ2) is 4.97. The van der Waals surface area contributed by atoms with Gasteiger partial charge in [-0.15, -0.1) is 0 Å². The molecule has 0 spiro atoms. The van der Waals surface area contributed by atoms with Crippen LogP contribution in [0.25, 0.3) is 0 Å². The zero-order valence-electron chi connectivity index (χ0n) is 10.2. The predicted molar refractivity (Wildman–Crippen MR) is 62.9 cm³/mol. The van der Waals surface area contributed by atoms with Crippen LogP contribution in [0.15, 0.2) is 22.7 Å². The molecule has 100 valence electrons. The van der Waals surface area contributed by atoms with Crippen LogP contribution in [-0.4, -0.2) is 15.2 Å². The molecule has 1 saturated carbocycles. The zero-order valence-corrected chi connectivity index (χ0v) is 10.2. The van der Waals surface area contributed by atoms with Crippen LogP contribution in [0.4, 0.5) is 4.39 Å². The summed E-state index contributed by atoms with van der Waals surface area (Å²) in [7, 11) is 0. The van der Waals surface area contributed by atoms with E-state index in [0.29, 0.717) is 23.2 Å². The molecule has 0 saturated heterocycles. The van der Waals surface area contributed by atoms with Gasteiger partial charge in [-0.25, -0.2) is 4.39 Å². The highest BCUT2D eigenvalue weighted by Crippen LogP contribution is 2.38. The van der Waals surface area contributed by atoms with Gasteiger partial charge < -0.3 is 14.4 Å². The van der Waals surface area contributed by atoms with Gasteiger partial charge in [-0.1, -0.05) is 11.2 Å². The fourth-order valence-corrected chi connectivity index (χ4v) is 1.73. The molecule has 6 heteroatoms. The number of aliphatic hydroxyl groups is 1. The first-order valence-electron chi connectivity index (χ1n) is 6.11. The lowest BCUT2D eigenvalue weighted by atomic mass is 10.2. The highest BCUT2D eigenvalue weighted by Gasteiger charge is 2.28. The Kier molecular flexibility index (Phi) is 3.16. The maximum atomic E-state index is 13.6. The van der Waals surface area contributed by atoms with E-state index in [1.165, 1.54) is 12.1 Å². The van der Waals surface area contributed by atoms with Crippen LogP contribution in [0, 0.1) is 5.82 Å². The lowest BCUT2D eigenvalue weighted by Crippen LogP contribution is -1.99. The second-order valence-corrected chi connectivity index (χ2v) is 4.53. The van der Waals surface area contributed by atoms with Gasteiger partial charge in [-0.05, 0) is 30.5 Å². The van der Waals surface area contributed by atoms with Crippen molar-refractivity contribution < 1.29 is 18.8 Å². The van der Waals surface area contributed by atoms with Crippen LogP contribution < -0.4 is 4.74 Å². The van der Waals surface area contributed by atoms with Crippen molar-refractivity contribution >= 4 is 0 Å². The molecule has 2 aromatic rings. The van der Waals surface area contributed by atoms with Crippen LogP contribution >= 0.6 is 0 Å². The Morgan fingerprint density at radius 2 is 2.26 bits per heavy atom. The summed E-state index contributed by atoms with van der Waals surface area (Å²) in [5, 5.41) is 12.7. The third-order valence-corrected chi connectivity index (χ3v) is 2.96. The minimum absolute atomic E-state index is 0.0368. The summed E-state index contributed by atoms with van der Waals surface area (Å²) < 4.78 is 23.9. The molecule has 1 N–H and O–H groups in total. The monoisotopic (exact) mass is 264 g/mol. The van der Waals surface area contributed by atoms with Crippen molar-refractivity contribution in [1.82, 2.24) is 10.1 Å². The van der Waals surface area contributed by atoms with Gasteiger partial charge in [0.25, 0.3) is 5.89 Å². The summed E-state index contributed by atoms with van der Waals surface area (Å²) in [5.41, 5.74) is 0.499. The number of aromatic nitrogens is 2. The Morgan fingerprint density at radius 1 is 1.42 bits per heavy atom. The summed E-state index contributed by atoms with van der Waals surface area (Å²) in [4.78, 5) is 4.19. The third-order valence-electron chi connectivity index (χ3n) is 2.96. The number of benzene rings is 1. The Hall–Kier alpha value is -1.95. The Labute approximate surface area is 109 Å². The van der Waals surface area contributed by atoms with Crippen molar-refractivity contribution in [2.45, 2.75) is 32.0 Å². The van der Waals surface area contributed by atoms with E-state index in [4.69, 9.17) is 14.4 Å². The van der Waals surface area contributed by atoms with Gasteiger partial charge in [-0.3, -0.25) is 0 Å². The molecule has 1 fully saturated rings. The van der Waals surface area contributed by atoms with E-state index >= 15 is 0 Å². The molecule has 0 radical (unpaired) electrons. The Balaban J connectivity index is 1.64. The first-order valence-corrected chi connectivity index (χ1v) is 6.11. The van der Waals surface area contributed by atoms with E-state index < -0.39 is 5.82 Å². The van der Waals surface area contributed by atoms with Crippen LogP contribution in [-0.2, 0) is 13.2 Å². The van der Waals surface area contributed by atoms with Crippen molar-refractivity contribution in [1.29, 1.82) is 0 Å². The average molecular weight is 264 g/mol. The molecule has 1 heterocycles. The molecule has 1 aromatic heterocycles. The standard InChI is InChI=1S/C13H13FN2O3/c14-10-5-8(6-17)1-4-11(10)18-7-12-15-13(16-19-12)9-2-3-9/h1,4-5,9,17H,2-3,6-7H2. The second-order valence-electron chi connectivity index (χ2n) is 4.53. The quantitative estimate of drug-likeness (QED) is 0.896. The van der Waals surface area contributed by atoms with Crippen LogP contribution in [0.2, 0.25) is 0 Å². The molecule has 0 amide bonds. The number of hydrogen-bond acceptors (Lipinski definition) is 5. The van der Waals surface area contributed by atoms with Crippen molar-refractivity contribution in [3.8, 4) is 5.75 Å². The molecule has 0 bridgehead atoms. The van der Waals surface area contributed by atoms with Crippen LogP contribution in [0.3, 0.4) is 0 Å². The Bertz CT molecular complexity index is 581. The van der Waals surface area contributed by atoms with Gasteiger partial charge in [-0.2, -0.15) is 4.98 Å². The first kappa shape index (κ1) is 12.1. The van der Waals surface area contributed by atoms with Gasteiger partial charge in [0, 0.05) is 5.92 Å². The topological polar surface area (TPSA) is 68.4 Å². The molecule has 1 aliphatic carbocycles. The smallest absolute Gasteiger partial charge is 0.264 e. The number of nitrogens with zero attached hydrogens (tertiary/aromatic N) is 2. The predicted octanol–water partition coefficient (Wildman–Crippen LogP) is 2.16. The highest BCUT2D eigenvalue weighted by molar-refractivity contribution is 5.29. The maximum Gasteiger partial charge on any atom is 0.264 e.